The van der Waals surface area contributed by atoms with Crippen molar-refractivity contribution < 1.29 is 0 Å². The Balaban J connectivity index is 1.82. The van der Waals surface area contributed by atoms with Crippen LogP contribution in [0.5, 0.6) is 0 Å². The highest BCUT2D eigenvalue weighted by Gasteiger charge is 2.08. The third kappa shape index (κ3) is 4.68. The van der Waals surface area contributed by atoms with E-state index in [0.717, 1.165) is 36.1 Å². The fourth-order valence-corrected chi connectivity index (χ4v) is 3.04. The Hall–Kier alpha value is -1.13. The topological polar surface area (TPSA) is 29.9 Å². The lowest BCUT2D eigenvalue weighted by Crippen LogP contribution is -2.23. The van der Waals surface area contributed by atoms with Crippen molar-refractivity contribution in [2.75, 3.05) is 6.54 Å². The van der Waals surface area contributed by atoms with Crippen LogP contribution in [0.3, 0.4) is 0 Å². The van der Waals surface area contributed by atoms with Crippen molar-refractivity contribution in [2.24, 2.45) is 0 Å². The van der Waals surface area contributed by atoms with Crippen LogP contribution in [-0.4, -0.2) is 16.3 Å². The third-order valence-electron chi connectivity index (χ3n) is 3.70. The first kappa shape index (κ1) is 16.2. The molecule has 114 valence electrons. The van der Waals surface area contributed by atoms with E-state index < -0.39 is 0 Å². The summed E-state index contributed by atoms with van der Waals surface area (Å²) >= 11 is 3.54. The minimum Gasteiger partial charge on any atom is -0.310 e. The van der Waals surface area contributed by atoms with Crippen molar-refractivity contribution in [1.82, 2.24) is 15.1 Å². The highest BCUT2D eigenvalue weighted by molar-refractivity contribution is 9.10. The summed E-state index contributed by atoms with van der Waals surface area (Å²) in [5, 5.41) is 8.15. The van der Waals surface area contributed by atoms with E-state index in [9.17, 15) is 0 Å². The normalized spacial score (nSPS) is 12.6. The number of aromatic nitrogens is 2. The first-order valence-electron chi connectivity index (χ1n) is 7.60. The van der Waals surface area contributed by atoms with Crippen LogP contribution in [0.25, 0.3) is 0 Å². The Bertz CT molecular complexity index is 577. The molecule has 0 aliphatic rings. The minimum atomic E-state index is 0.419. The number of rotatable bonds is 7. The van der Waals surface area contributed by atoms with Crippen molar-refractivity contribution >= 4 is 15.9 Å². The van der Waals surface area contributed by atoms with E-state index in [0.29, 0.717) is 6.04 Å². The highest BCUT2D eigenvalue weighted by Crippen LogP contribution is 2.20. The molecule has 0 spiro atoms. The van der Waals surface area contributed by atoms with E-state index in [1.54, 1.807) is 0 Å². The monoisotopic (exact) mass is 349 g/mol. The van der Waals surface area contributed by atoms with Crippen LogP contribution < -0.4 is 5.32 Å². The molecule has 0 aliphatic carbocycles. The molecule has 0 radical (unpaired) electrons. The van der Waals surface area contributed by atoms with Crippen LogP contribution in [0.1, 0.15) is 42.8 Å². The molecule has 2 rings (SSSR count). The SMILES string of the molecule is CCC(NCCCn1nc(C)cc1C)c1cccc(Br)c1. The summed E-state index contributed by atoms with van der Waals surface area (Å²) in [5.74, 6) is 0. The largest absolute Gasteiger partial charge is 0.310 e. The van der Waals surface area contributed by atoms with Crippen LogP contribution in [0, 0.1) is 13.8 Å². The van der Waals surface area contributed by atoms with Gasteiger partial charge in [-0.15, -0.1) is 0 Å². The lowest BCUT2D eigenvalue weighted by Gasteiger charge is -2.18. The molecule has 1 N–H and O–H groups in total. The number of nitrogens with one attached hydrogen (secondary N) is 1. The van der Waals surface area contributed by atoms with Gasteiger partial charge >= 0.3 is 0 Å². The molecule has 1 aromatic carbocycles. The number of hydrogen-bond acceptors (Lipinski definition) is 2. The predicted molar refractivity (Wildman–Crippen MR) is 91.5 cm³/mol. The molecular formula is C17H24BrN3. The average molecular weight is 350 g/mol. The zero-order valence-corrected chi connectivity index (χ0v) is 14.7. The fourth-order valence-electron chi connectivity index (χ4n) is 2.63. The van der Waals surface area contributed by atoms with Crippen LogP contribution in [0.2, 0.25) is 0 Å². The molecular weight excluding hydrogens is 326 g/mol. The van der Waals surface area contributed by atoms with Crippen LogP contribution in [0.4, 0.5) is 0 Å². The number of nitrogens with zero attached hydrogens (tertiary/aromatic N) is 2. The smallest absolute Gasteiger partial charge is 0.0596 e. The van der Waals surface area contributed by atoms with Gasteiger partial charge in [-0.25, -0.2) is 0 Å². The van der Waals surface area contributed by atoms with Gasteiger partial charge in [0.05, 0.1) is 5.69 Å². The number of hydrogen-bond donors (Lipinski definition) is 1. The lowest BCUT2D eigenvalue weighted by molar-refractivity contribution is 0.475. The summed E-state index contributed by atoms with van der Waals surface area (Å²) in [5.41, 5.74) is 3.69. The van der Waals surface area contributed by atoms with Crippen molar-refractivity contribution in [2.45, 2.75) is 46.2 Å². The maximum atomic E-state index is 4.50. The van der Waals surface area contributed by atoms with Gasteiger partial charge in [-0.2, -0.15) is 5.10 Å². The Labute approximate surface area is 135 Å². The van der Waals surface area contributed by atoms with Gasteiger partial charge in [0.1, 0.15) is 0 Å². The molecule has 3 nitrogen and oxygen atoms in total. The molecule has 21 heavy (non-hydrogen) atoms. The third-order valence-corrected chi connectivity index (χ3v) is 4.19. The highest BCUT2D eigenvalue weighted by atomic mass is 79.9. The van der Waals surface area contributed by atoms with E-state index in [2.05, 4.69) is 75.2 Å². The van der Waals surface area contributed by atoms with Crippen LogP contribution in [-0.2, 0) is 6.54 Å². The molecule has 0 aliphatic heterocycles. The standard InChI is InChI=1S/C17H24BrN3/c1-4-17(15-7-5-8-16(18)12-15)19-9-6-10-21-14(3)11-13(2)20-21/h5,7-8,11-12,17,19H,4,6,9-10H2,1-3H3. The average Bonchev–Trinajstić information content (AvgIpc) is 2.77. The Morgan fingerprint density at radius 3 is 2.71 bits per heavy atom. The predicted octanol–water partition coefficient (Wildman–Crippen LogP) is 4.39. The first-order valence-corrected chi connectivity index (χ1v) is 8.39. The molecule has 1 aromatic heterocycles. The van der Waals surface area contributed by atoms with E-state index in [1.807, 2.05) is 6.92 Å². The van der Waals surface area contributed by atoms with Crippen molar-refractivity contribution in [1.29, 1.82) is 0 Å². The zero-order valence-electron chi connectivity index (χ0n) is 13.1. The van der Waals surface area contributed by atoms with E-state index in [-0.39, 0.29) is 0 Å². The maximum Gasteiger partial charge on any atom is 0.0596 e. The summed E-state index contributed by atoms with van der Waals surface area (Å²) in [4.78, 5) is 0. The number of aryl methyl sites for hydroxylation is 3. The van der Waals surface area contributed by atoms with Gasteiger partial charge < -0.3 is 5.32 Å². The van der Waals surface area contributed by atoms with Crippen LogP contribution in [0.15, 0.2) is 34.8 Å². The second-order valence-electron chi connectivity index (χ2n) is 5.47. The summed E-state index contributed by atoms with van der Waals surface area (Å²) in [7, 11) is 0. The minimum absolute atomic E-state index is 0.419. The Morgan fingerprint density at radius 1 is 1.29 bits per heavy atom. The van der Waals surface area contributed by atoms with Gasteiger partial charge in [-0.1, -0.05) is 35.0 Å². The molecule has 0 saturated heterocycles. The van der Waals surface area contributed by atoms with Gasteiger partial charge in [0.2, 0.25) is 0 Å². The van der Waals surface area contributed by atoms with Gasteiger partial charge in [0.15, 0.2) is 0 Å². The summed E-state index contributed by atoms with van der Waals surface area (Å²) in [6, 6.07) is 11.1. The molecule has 0 amide bonds. The molecule has 0 saturated carbocycles. The summed E-state index contributed by atoms with van der Waals surface area (Å²) in [6.45, 7) is 8.36. The molecule has 2 aromatic rings. The number of benzene rings is 1. The molecule has 0 bridgehead atoms. The Kier molecular flexibility index (Phi) is 6.00. The van der Waals surface area contributed by atoms with Crippen molar-refractivity contribution in [3.8, 4) is 0 Å². The molecule has 1 unspecified atom stereocenters. The first-order chi connectivity index (χ1) is 10.1. The van der Waals surface area contributed by atoms with Crippen molar-refractivity contribution in [3.05, 3.63) is 51.8 Å². The van der Waals surface area contributed by atoms with Gasteiger partial charge in [-0.3, -0.25) is 4.68 Å². The van der Waals surface area contributed by atoms with Gasteiger partial charge in [-0.05, 0) is 57.0 Å². The van der Waals surface area contributed by atoms with E-state index in [4.69, 9.17) is 0 Å². The molecule has 4 heteroatoms. The fraction of sp³-hybridized carbons (Fsp3) is 0.471. The van der Waals surface area contributed by atoms with Gasteiger partial charge in [0, 0.05) is 22.8 Å². The lowest BCUT2D eigenvalue weighted by atomic mass is 10.0. The molecule has 0 fully saturated rings. The second kappa shape index (κ2) is 7.76. The van der Waals surface area contributed by atoms with E-state index >= 15 is 0 Å². The molecule has 1 atom stereocenters. The number of halogens is 1. The van der Waals surface area contributed by atoms with Gasteiger partial charge in [0.25, 0.3) is 0 Å². The maximum absolute atomic E-state index is 4.50. The molecule has 1 heterocycles. The van der Waals surface area contributed by atoms with Crippen LogP contribution >= 0.6 is 15.9 Å². The van der Waals surface area contributed by atoms with Crippen molar-refractivity contribution in [3.63, 3.8) is 0 Å². The zero-order chi connectivity index (χ0) is 15.2. The Morgan fingerprint density at radius 2 is 2.10 bits per heavy atom. The second-order valence-corrected chi connectivity index (χ2v) is 6.39. The summed E-state index contributed by atoms with van der Waals surface area (Å²) in [6.07, 6.45) is 2.18. The summed E-state index contributed by atoms with van der Waals surface area (Å²) < 4.78 is 3.24. The quantitative estimate of drug-likeness (QED) is 0.751. The van der Waals surface area contributed by atoms with E-state index in [1.165, 1.54) is 11.3 Å².